The number of nitrogens with one attached hydrogen (secondary N) is 2. The van der Waals surface area contributed by atoms with Crippen LogP contribution in [0, 0.1) is 0 Å². The first kappa shape index (κ1) is 18.8. The average molecular weight is 390 g/mol. The Hall–Kier alpha value is -2.93. The number of hydrogen-bond acceptors (Lipinski definition) is 4. The van der Waals surface area contributed by atoms with Gasteiger partial charge in [0.15, 0.2) is 0 Å². The normalized spacial score (nSPS) is 16.2. The van der Waals surface area contributed by atoms with Gasteiger partial charge < -0.3 is 25.0 Å². The fourth-order valence-corrected chi connectivity index (χ4v) is 3.06. The fraction of sp³-hybridized carbons (Fsp3) is 0.263. The van der Waals surface area contributed by atoms with Crippen molar-refractivity contribution in [3.63, 3.8) is 0 Å². The monoisotopic (exact) mass is 389 g/mol. The van der Waals surface area contributed by atoms with Crippen LogP contribution in [0.2, 0.25) is 5.02 Å². The Morgan fingerprint density at radius 3 is 2.56 bits per heavy atom. The third kappa shape index (κ3) is 4.43. The molecule has 0 bridgehead atoms. The number of methoxy groups -OCH3 is 2. The summed E-state index contributed by atoms with van der Waals surface area (Å²) in [5.74, 6) is 1.05. The second-order valence-electron chi connectivity index (χ2n) is 6.05. The highest BCUT2D eigenvalue weighted by molar-refractivity contribution is 6.30. The van der Waals surface area contributed by atoms with E-state index < -0.39 is 6.03 Å². The molecule has 1 aliphatic rings. The third-order valence-corrected chi connectivity index (χ3v) is 4.51. The van der Waals surface area contributed by atoms with Crippen molar-refractivity contribution in [2.75, 3.05) is 31.0 Å². The van der Waals surface area contributed by atoms with E-state index in [-0.39, 0.29) is 18.4 Å². The van der Waals surface area contributed by atoms with Crippen LogP contribution in [0.3, 0.4) is 0 Å². The summed E-state index contributed by atoms with van der Waals surface area (Å²) in [4.78, 5) is 26.3. The average Bonchev–Trinajstić information content (AvgIpc) is 3.02. The van der Waals surface area contributed by atoms with E-state index in [0.29, 0.717) is 28.8 Å². The number of amides is 3. The molecule has 3 amide bonds. The highest BCUT2D eigenvalue weighted by Crippen LogP contribution is 2.29. The molecule has 0 spiro atoms. The Labute approximate surface area is 162 Å². The number of halogens is 1. The van der Waals surface area contributed by atoms with Gasteiger partial charge in [-0.15, -0.1) is 0 Å². The molecule has 0 unspecified atom stereocenters. The molecular formula is C19H20ClN3O4. The predicted octanol–water partition coefficient (Wildman–Crippen LogP) is 3.28. The number of urea groups is 1. The third-order valence-electron chi connectivity index (χ3n) is 4.25. The summed E-state index contributed by atoms with van der Waals surface area (Å²) in [5.41, 5.74) is 1.23. The lowest BCUT2D eigenvalue weighted by atomic mass is 10.2. The highest BCUT2D eigenvalue weighted by atomic mass is 35.5. The van der Waals surface area contributed by atoms with Gasteiger partial charge in [-0.2, -0.15) is 0 Å². The van der Waals surface area contributed by atoms with E-state index in [1.165, 1.54) is 7.11 Å². The molecule has 1 heterocycles. The van der Waals surface area contributed by atoms with Crippen LogP contribution in [0.5, 0.6) is 11.5 Å². The van der Waals surface area contributed by atoms with E-state index in [9.17, 15) is 9.59 Å². The highest BCUT2D eigenvalue weighted by Gasteiger charge is 2.31. The van der Waals surface area contributed by atoms with E-state index in [4.69, 9.17) is 21.1 Å². The van der Waals surface area contributed by atoms with E-state index in [1.54, 1.807) is 54.5 Å². The molecule has 2 N–H and O–H groups in total. The summed E-state index contributed by atoms with van der Waals surface area (Å²) in [6.45, 7) is 0.392. The molecule has 27 heavy (non-hydrogen) atoms. The molecule has 0 radical (unpaired) electrons. The standard InChI is InChI=1S/C19H20ClN3O4/c1-26-15-7-8-17(27-2)16(10-15)22-19(25)21-13-9-18(24)23(11-13)14-5-3-12(20)4-6-14/h3-8,10,13H,9,11H2,1-2H3,(H2,21,22,25)/t13-/m0/s1. The van der Waals surface area contributed by atoms with Crippen LogP contribution in [0.25, 0.3) is 0 Å². The Bertz CT molecular complexity index is 841. The van der Waals surface area contributed by atoms with E-state index in [1.807, 2.05) is 0 Å². The largest absolute Gasteiger partial charge is 0.497 e. The van der Waals surface area contributed by atoms with Crippen LogP contribution in [0.1, 0.15) is 6.42 Å². The van der Waals surface area contributed by atoms with Gasteiger partial charge >= 0.3 is 6.03 Å². The van der Waals surface area contributed by atoms with Crippen molar-refractivity contribution in [1.29, 1.82) is 0 Å². The molecule has 0 aliphatic carbocycles. The summed E-state index contributed by atoms with van der Waals surface area (Å²) < 4.78 is 10.4. The molecule has 0 aromatic heterocycles. The summed E-state index contributed by atoms with van der Waals surface area (Å²) >= 11 is 5.89. The molecular weight excluding hydrogens is 370 g/mol. The lowest BCUT2D eigenvalue weighted by Crippen LogP contribution is -2.39. The number of carbonyl (C=O) groups excluding carboxylic acids is 2. The molecule has 3 rings (SSSR count). The zero-order valence-corrected chi connectivity index (χ0v) is 15.7. The van der Waals surface area contributed by atoms with Gasteiger partial charge in [-0.1, -0.05) is 11.6 Å². The van der Waals surface area contributed by atoms with E-state index >= 15 is 0 Å². The van der Waals surface area contributed by atoms with Crippen LogP contribution < -0.4 is 25.0 Å². The summed E-state index contributed by atoms with van der Waals surface area (Å²) in [5, 5.41) is 6.16. The first-order valence-electron chi connectivity index (χ1n) is 8.35. The zero-order chi connectivity index (χ0) is 19.4. The van der Waals surface area contributed by atoms with Gasteiger partial charge in [0.1, 0.15) is 11.5 Å². The van der Waals surface area contributed by atoms with Gasteiger partial charge in [-0.25, -0.2) is 4.79 Å². The van der Waals surface area contributed by atoms with Crippen LogP contribution in [0.4, 0.5) is 16.2 Å². The Balaban J connectivity index is 1.63. The number of hydrogen-bond donors (Lipinski definition) is 2. The second-order valence-corrected chi connectivity index (χ2v) is 6.48. The molecule has 1 aliphatic heterocycles. The van der Waals surface area contributed by atoms with E-state index in [0.717, 1.165) is 5.69 Å². The summed E-state index contributed by atoms with van der Waals surface area (Å²) in [7, 11) is 3.06. The molecule has 8 heteroatoms. The molecule has 1 atom stereocenters. The van der Waals surface area contributed by atoms with Gasteiger partial charge in [0.25, 0.3) is 0 Å². The first-order valence-corrected chi connectivity index (χ1v) is 8.73. The lowest BCUT2D eigenvalue weighted by molar-refractivity contribution is -0.117. The Morgan fingerprint density at radius 2 is 1.89 bits per heavy atom. The SMILES string of the molecule is COc1ccc(OC)c(NC(=O)N[C@H]2CC(=O)N(c3ccc(Cl)cc3)C2)c1. The molecule has 2 aromatic rings. The van der Waals surface area contributed by atoms with E-state index in [2.05, 4.69) is 10.6 Å². The van der Waals surface area contributed by atoms with Crippen LogP contribution >= 0.6 is 11.6 Å². The smallest absolute Gasteiger partial charge is 0.319 e. The summed E-state index contributed by atoms with van der Waals surface area (Å²) in [6.07, 6.45) is 0.227. The zero-order valence-electron chi connectivity index (χ0n) is 15.0. The van der Waals surface area contributed by atoms with Crippen molar-refractivity contribution in [1.82, 2.24) is 5.32 Å². The minimum Gasteiger partial charge on any atom is -0.497 e. The molecule has 2 aromatic carbocycles. The molecule has 0 saturated carbocycles. The quantitative estimate of drug-likeness (QED) is 0.822. The van der Waals surface area contributed by atoms with Crippen molar-refractivity contribution >= 4 is 34.9 Å². The van der Waals surface area contributed by atoms with Gasteiger partial charge in [0.2, 0.25) is 5.91 Å². The minimum absolute atomic E-state index is 0.0541. The lowest BCUT2D eigenvalue weighted by Gasteiger charge is -2.18. The Morgan fingerprint density at radius 1 is 1.15 bits per heavy atom. The summed E-state index contributed by atoms with van der Waals surface area (Å²) in [6, 6.07) is 11.4. The number of carbonyl (C=O) groups is 2. The minimum atomic E-state index is -0.419. The molecule has 142 valence electrons. The van der Waals surface area contributed by atoms with Gasteiger partial charge in [-0.3, -0.25) is 4.79 Å². The number of benzene rings is 2. The molecule has 7 nitrogen and oxygen atoms in total. The van der Waals surface area contributed by atoms with Crippen LogP contribution in [-0.2, 0) is 4.79 Å². The van der Waals surface area contributed by atoms with Crippen LogP contribution in [0.15, 0.2) is 42.5 Å². The van der Waals surface area contributed by atoms with Crippen molar-refractivity contribution in [2.24, 2.45) is 0 Å². The van der Waals surface area contributed by atoms with Crippen molar-refractivity contribution < 1.29 is 19.1 Å². The van der Waals surface area contributed by atoms with Gasteiger partial charge in [-0.05, 0) is 36.4 Å². The maximum absolute atomic E-state index is 12.4. The molecule has 1 saturated heterocycles. The van der Waals surface area contributed by atoms with Gasteiger partial charge in [0, 0.05) is 29.7 Å². The fourth-order valence-electron chi connectivity index (χ4n) is 2.93. The predicted molar refractivity (Wildman–Crippen MR) is 104 cm³/mol. The molecule has 1 fully saturated rings. The number of rotatable bonds is 5. The topological polar surface area (TPSA) is 79.9 Å². The maximum atomic E-state index is 12.4. The van der Waals surface area contributed by atoms with Crippen molar-refractivity contribution in [3.05, 3.63) is 47.5 Å². The van der Waals surface area contributed by atoms with Crippen molar-refractivity contribution in [3.8, 4) is 11.5 Å². The van der Waals surface area contributed by atoms with Crippen molar-refractivity contribution in [2.45, 2.75) is 12.5 Å². The second kappa shape index (κ2) is 8.18. The number of anilines is 2. The Kier molecular flexibility index (Phi) is 5.71. The maximum Gasteiger partial charge on any atom is 0.319 e. The van der Waals surface area contributed by atoms with Crippen LogP contribution in [-0.4, -0.2) is 38.7 Å². The number of nitrogens with zero attached hydrogens (tertiary/aromatic N) is 1. The van der Waals surface area contributed by atoms with Gasteiger partial charge in [0.05, 0.1) is 25.9 Å². The number of ether oxygens (including phenoxy) is 2. The first-order chi connectivity index (χ1) is 13.0.